The highest BCUT2D eigenvalue weighted by molar-refractivity contribution is 6.35. The topological polar surface area (TPSA) is 41.1 Å². The molecule has 0 aromatic heterocycles. The van der Waals surface area contributed by atoms with E-state index < -0.39 is 0 Å². The smallest absolute Gasteiger partial charge is 0.243 e. The zero-order valence-corrected chi connectivity index (χ0v) is 13.5. The van der Waals surface area contributed by atoms with E-state index in [1.165, 1.54) is 0 Å². The molecule has 2 aromatic carbocycles. The van der Waals surface area contributed by atoms with Gasteiger partial charge in [0.05, 0.1) is 6.54 Å². The van der Waals surface area contributed by atoms with E-state index in [1.807, 2.05) is 13.0 Å². The van der Waals surface area contributed by atoms with Crippen molar-refractivity contribution in [2.75, 3.05) is 17.2 Å². The van der Waals surface area contributed by atoms with Crippen LogP contribution in [0.1, 0.15) is 5.56 Å². The normalized spacial score (nSPS) is 10.3. The van der Waals surface area contributed by atoms with Gasteiger partial charge in [-0.25, -0.2) is 0 Å². The third-order valence-electron chi connectivity index (χ3n) is 2.79. The van der Waals surface area contributed by atoms with Gasteiger partial charge < -0.3 is 10.6 Å². The van der Waals surface area contributed by atoms with Crippen LogP contribution in [0.15, 0.2) is 36.4 Å². The fourth-order valence-corrected chi connectivity index (χ4v) is 2.46. The van der Waals surface area contributed by atoms with Gasteiger partial charge in [-0.3, -0.25) is 4.79 Å². The molecule has 0 unspecified atom stereocenters. The number of carbonyl (C=O) groups excluding carboxylic acids is 1. The average molecular weight is 344 g/mol. The molecule has 2 aromatic rings. The number of benzene rings is 2. The largest absolute Gasteiger partial charge is 0.376 e. The van der Waals surface area contributed by atoms with Gasteiger partial charge >= 0.3 is 0 Å². The molecule has 0 saturated carbocycles. The van der Waals surface area contributed by atoms with Gasteiger partial charge in [-0.2, -0.15) is 0 Å². The van der Waals surface area contributed by atoms with Crippen LogP contribution < -0.4 is 10.6 Å². The van der Waals surface area contributed by atoms with Gasteiger partial charge in [-0.15, -0.1) is 0 Å². The minimum Gasteiger partial charge on any atom is -0.376 e. The molecule has 3 nitrogen and oxygen atoms in total. The summed E-state index contributed by atoms with van der Waals surface area (Å²) in [5.41, 5.74) is 2.32. The highest BCUT2D eigenvalue weighted by Crippen LogP contribution is 2.23. The monoisotopic (exact) mass is 342 g/mol. The van der Waals surface area contributed by atoms with E-state index >= 15 is 0 Å². The van der Waals surface area contributed by atoms with Crippen molar-refractivity contribution in [3.8, 4) is 0 Å². The molecule has 0 radical (unpaired) electrons. The van der Waals surface area contributed by atoms with Crippen molar-refractivity contribution in [3.05, 3.63) is 57.0 Å². The lowest BCUT2D eigenvalue weighted by molar-refractivity contribution is -0.114. The molecule has 21 heavy (non-hydrogen) atoms. The van der Waals surface area contributed by atoms with E-state index in [9.17, 15) is 4.79 Å². The van der Waals surface area contributed by atoms with Crippen LogP contribution in [0.5, 0.6) is 0 Å². The van der Waals surface area contributed by atoms with Crippen molar-refractivity contribution in [2.24, 2.45) is 0 Å². The highest BCUT2D eigenvalue weighted by atomic mass is 35.5. The molecule has 0 aliphatic heterocycles. The van der Waals surface area contributed by atoms with Crippen molar-refractivity contribution in [3.63, 3.8) is 0 Å². The Balaban J connectivity index is 1.97. The summed E-state index contributed by atoms with van der Waals surface area (Å²) < 4.78 is 0. The van der Waals surface area contributed by atoms with Crippen LogP contribution in [0.3, 0.4) is 0 Å². The molecule has 2 rings (SSSR count). The van der Waals surface area contributed by atoms with Gasteiger partial charge in [-0.1, -0.05) is 40.9 Å². The lowest BCUT2D eigenvalue weighted by Gasteiger charge is -2.10. The summed E-state index contributed by atoms with van der Waals surface area (Å²) in [6.45, 7) is 2.00. The number of rotatable bonds is 4. The first-order valence-electron chi connectivity index (χ1n) is 6.20. The van der Waals surface area contributed by atoms with E-state index in [1.54, 1.807) is 30.3 Å². The van der Waals surface area contributed by atoms with Crippen LogP contribution in [-0.2, 0) is 4.79 Å². The van der Waals surface area contributed by atoms with Crippen molar-refractivity contribution in [2.45, 2.75) is 6.92 Å². The molecule has 0 atom stereocenters. The molecule has 0 spiro atoms. The standard InChI is InChI=1S/C15H13Cl3N2O/c1-9-2-3-10(16)7-14(9)20-15(21)8-19-13-5-11(17)4-12(18)6-13/h2-7,19H,8H2,1H3,(H,20,21). The third-order valence-corrected chi connectivity index (χ3v) is 3.46. The zero-order chi connectivity index (χ0) is 15.4. The maximum Gasteiger partial charge on any atom is 0.243 e. The molecule has 6 heteroatoms. The maximum absolute atomic E-state index is 11.9. The van der Waals surface area contributed by atoms with E-state index in [0.717, 1.165) is 5.56 Å². The van der Waals surface area contributed by atoms with Crippen LogP contribution >= 0.6 is 34.8 Å². The molecular formula is C15H13Cl3N2O. The Bertz CT molecular complexity index is 654. The number of hydrogen-bond acceptors (Lipinski definition) is 2. The summed E-state index contributed by atoms with van der Waals surface area (Å²) >= 11 is 17.7. The fraction of sp³-hybridized carbons (Fsp3) is 0.133. The molecule has 110 valence electrons. The minimum atomic E-state index is -0.184. The van der Waals surface area contributed by atoms with Crippen LogP contribution in [-0.4, -0.2) is 12.5 Å². The van der Waals surface area contributed by atoms with E-state index in [0.29, 0.717) is 26.4 Å². The number of halogens is 3. The number of hydrogen-bond donors (Lipinski definition) is 2. The molecule has 0 aliphatic carbocycles. The summed E-state index contributed by atoms with van der Waals surface area (Å²) in [5.74, 6) is -0.184. The highest BCUT2D eigenvalue weighted by Gasteiger charge is 2.06. The summed E-state index contributed by atoms with van der Waals surface area (Å²) in [5, 5.41) is 7.36. The van der Waals surface area contributed by atoms with Gasteiger partial charge in [-0.05, 0) is 42.8 Å². The maximum atomic E-state index is 11.9. The van der Waals surface area contributed by atoms with Crippen molar-refractivity contribution >= 4 is 52.1 Å². The number of amides is 1. The Morgan fingerprint density at radius 3 is 2.33 bits per heavy atom. The predicted molar refractivity (Wildman–Crippen MR) is 89.8 cm³/mol. The van der Waals surface area contributed by atoms with E-state index in [2.05, 4.69) is 10.6 Å². The predicted octanol–water partition coefficient (Wildman–Crippen LogP) is 5.01. The lowest BCUT2D eigenvalue weighted by Crippen LogP contribution is -2.22. The van der Waals surface area contributed by atoms with Gasteiger partial charge in [0, 0.05) is 26.4 Å². The van der Waals surface area contributed by atoms with Crippen molar-refractivity contribution in [1.82, 2.24) is 0 Å². The lowest BCUT2D eigenvalue weighted by atomic mass is 10.2. The summed E-state index contributed by atoms with van der Waals surface area (Å²) in [6, 6.07) is 10.4. The van der Waals surface area contributed by atoms with Gasteiger partial charge in [0.1, 0.15) is 0 Å². The Morgan fingerprint density at radius 2 is 1.67 bits per heavy atom. The first-order valence-corrected chi connectivity index (χ1v) is 7.33. The summed E-state index contributed by atoms with van der Waals surface area (Å²) in [6.07, 6.45) is 0. The minimum absolute atomic E-state index is 0.0998. The second-order valence-electron chi connectivity index (χ2n) is 4.52. The summed E-state index contributed by atoms with van der Waals surface area (Å²) in [7, 11) is 0. The van der Waals surface area contributed by atoms with Crippen molar-refractivity contribution in [1.29, 1.82) is 0 Å². The Morgan fingerprint density at radius 1 is 1.00 bits per heavy atom. The second-order valence-corrected chi connectivity index (χ2v) is 5.83. The van der Waals surface area contributed by atoms with Crippen LogP contribution in [0.25, 0.3) is 0 Å². The molecule has 0 heterocycles. The third kappa shape index (κ3) is 4.81. The van der Waals surface area contributed by atoms with E-state index in [4.69, 9.17) is 34.8 Å². The molecule has 1 amide bonds. The average Bonchev–Trinajstić information content (AvgIpc) is 2.40. The quantitative estimate of drug-likeness (QED) is 0.819. The Labute approximate surface area is 138 Å². The molecule has 2 N–H and O–H groups in total. The number of anilines is 2. The second kappa shape index (κ2) is 7.03. The Kier molecular flexibility index (Phi) is 5.34. The SMILES string of the molecule is Cc1ccc(Cl)cc1NC(=O)CNc1cc(Cl)cc(Cl)c1. The van der Waals surface area contributed by atoms with Crippen LogP contribution in [0.4, 0.5) is 11.4 Å². The first-order chi connectivity index (χ1) is 9.94. The number of aryl methyl sites for hydroxylation is 1. The Hall–Kier alpha value is -1.42. The molecule has 0 aliphatic rings. The van der Waals surface area contributed by atoms with Gasteiger partial charge in [0.15, 0.2) is 0 Å². The van der Waals surface area contributed by atoms with Gasteiger partial charge in [0.25, 0.3) is 0 Å². The fourth-order valence-electron chi connectivity index (χ4n) is 1.76. The van der Waals surface area contributed by atoms with Crippen molar-refractivity contribution < 1.29 is 4.79 Å². The molecule has 0 fully saturated rings. The van der Waals surface area contributed by atoms with Crippen LogP contribution in [0, 0.1) is 6.92 Å². The van der Waals surface area contributed by atoms with Crippen LogP contribution in [0.2, 0.25) is 15.1 Å². The van der Waals surface area contributed by atoms with Gasteiger partial charge in [0.2, 0.25) is 5.91 Å². The molecule has 0 saturated heterocycles. The van der Waals surface area contributed by atoms with E-state index in [-0.39, 0.29) is 12.5 Å². The zero-order valence-electron chi connectivity index (χ0n) is 11.2. The molecular weight excluding hydrogens is 331 g/mol. The molecule has 0 bridgehead atoms. The summed E-state index contributed by atoms with van der Waals surface area (Å²) in [4.78, 5) is 11.9. The first kappa shape index (κ1) is 16.0. The number of nitrogens with one attached hydrogen (secondary N) is 2. The number of carbonyl (C=O) groups is 1.